The highest BCUT2D eigenvalue weighted by Gasteiger charge is 2.09. The third-order valence-electron chi connectivity index (χ3n) is 2.20. The minimum Gasteiger partial charge on any atom is -0.478 e. The summed E-state index contributed by atoms with van der Waals surface area (Å²) < 4.78 is 6.06. The Bertz CT molecular complexity index is 382. The van der Waals surface area contributed by atoms with Crippen LogP contribution in [0.25, 0.3) is 0 Å². The average molecular weight is 302 g/mol. The summed E-state index contributed by atoms with van der Waals surface area (Å²) in [6, 6.07) is 5.07. The lowest BCUT2D eigenvalue weighted by atomic mass is 10.2. The van der Waals surface area contributed by atoms with Gasteiger partial charge in [-0.1, -0.05) is 15.9 Å². The molecule has 5 heteroatoms. The summed E-state index contributed by atoms with van der Waals surface area (Å²) in [5.74, 6) is -0.926. The Morgan fingerprint density at radius 1 is 1.53 bits per heavy atom. The molecule has 0 radical (unpaired) electrons. The van der Waals surface area contributed by atoms with Gasteiger partial charge in [-0.2, -0.15) is 0 Å². The fraction of sp³-hybridized carbons (Fsp3) is 0.417. The highest BCUT2D eigenvalue weighted by molar-refractivity contribution is 9.10. The molecule has 1 aromatic rings. The van der Waals surface area contributed by atoms with Crippen LogP contribution in [0.5, 0.6) is 0 Å². The molecule has 0 aliphatic heterocycles. The molecule has 2 N–H and O–H groups in total. The van der Waals surface area contributed by atoms with Crippen molar-refractivity contribution in [1.82, 2.24) is 0 Å². The van der Waals surface area contributed by atoms with E-state index in [1.807, 2.05) is 6.92 Å². The Morgan fingerprint density at radius 2 is 2.29 bits per heavy atom. The maximum absolute atomic E-state index is 11.0. The zero-order chi connectivity index (χ0) is 12.7. The molecule has 0 heterocycles. The second kappa shape index (κ2) is 7.29. The molecule has 0 aliphatic carbocycles. The van der Waals surface area contributed by atoms with Crippen LogP contribution in [0.3, 0.4) is 0 Å². The number of anilines is 1. The van der Waals surface area contributed by atoms with Gasteiger partial charge in [0.05, 0.1) is 5.56 Å². The van der Waals surface area contributed by atoms with Gasteiger partial charge in [0.1, 0.15) is 0 Å². The number of halogens is 1. The smallest absolute Gasteiger partial charge is 0.337 e. The SMILES string of the molecule is CCOCCCNc1cc(Br)ccc1C(=O)O. The molecule has 0 saturated heterocycles. The number of carbonyl (C=O) groups is 1. The minimum atomic E-state index is -0.926. The van der Waals surface area contributed by atoms with Gasteiger partial charge in [0, 0.05) is 29.9 Å². The lowest BCUT2D eigenvalue weighted by Crippen LogP contribution is -2.09. The van der Waals surface area contributed by atoms with Crippen LogP contribution in [-0.2, 0) is 4.74 Å². The van der Waals surface area contributed by atoms with Crippen LogP contribution in [0.4, 0.5) is 5.69 Å². The number of aromatic carboxylic acids is 1. The summed E-state index contributed by atoms with van der Waals surface area (Å²) >= 11 is 3.32. The molecular formula is C12H16BrNO3. The second-order valence-corrected chi connectivity index (χ2v) is 4.39. The molecule has 1 aromatic carbocycles. The standard InChI is InChI=1S/C12H16BrNO3/c1-2-17-7-3-6-14-11-8-9(13)4-5-10(11)12(15)16/h4-5,8,14H,2-3,6-7H2,1H3,(H,15,16). The normalized spacial score (nSPS) is 10.2. The zero-order valence-electron chi connectivity index (χ0n) is 9.70. The number of hydrogen-bond acceptors (Lipinski definition) is 3. The first kappa shape index (κ1) is 14.0. The molecule has 0 saturated carbocycles. The molecule has 0 spiro atoms. The number of benzene rings is 1. The lowest BCUT2D eigenvalue weighted by Gasteiger charge is -2.10. The maximum atomic E-state index is 11.0. The van der Waals surface area contributed by atoms with Crippen molar-refractivity contribution in [3.8, 4) is 0 Å². The van der Waals surface area contributed by atoms with Gasteiger partial charge in [-0.25, -0.2) is 4.79 Å². The van der Waals surface area contributed by atoms with E-state index in [1.165, 1.54) is 0 Å². The van der Waals surface area contributed by atoms with E-state index in [-0.39, 0.29) is 5.56 Å². The molecule has 0 amide bonds. The lowest BCUT2D eigenvalue weighted by molar-refractivity contribution is 0.0698. The molecule has 17 heavy (non-hydrogen) atoms. The van der Waals surface area contributed by atoms with Crippen LogP contribution < -0.4 is 5.32 Å². The van der Waals surface area contributed by atoms with Gasteiger partial charge in [-0.05, 0) is 31.5 Å². The molecule has 0 bridgehead atoms. The van der Waals surface area contributed by atoms with Crippen LogP contribution in [-0.4, -0.2) is 30.8 Å². The average Bonchev–Trinajstić information content (AvgIpc) is 2.28. The first-order valence-electron chi connectivity index (χ1n) is 5.49. The fourth-order valence-corrected chi connectivity index (χ4v) is 1.75. The predicted octanol–water partition coefficient (Wildman–Crippen LogP) is 2.99. The van der Waals surface area contributed by atoms with Crippen molar-refractivity contribution in [2.45, 2.75) is 13.3 Å². The topological polar surface area (TPSA) is 58.6 Å². The van der Waals surface area contributed by atoms with Crippen LogP contribution in [0, 0.1) is 0 Å². The summed E-state index contributed by atoms with van der Waals surface area (Å²) in [6.07, 6.45) is 0.847. The number of hydrogen-bond donors (Lipinski definition) is 2. The number of rotatable bonds is 7. The van der Waals surface area contributed by atoms with Gasteiger partial charge in [0.25, 0.3) is 0 Å². The molecule has 94 valence electrons. The Morgan fingerprint density at radius 3 is 2.94 bits per heavy atom. The van der Waals surface area contributed by atoms with Gasteiger partial charge >= 0.3 is 5.97 Å². The summed E-state index contributed by atoms with van der Waals surface area (Å²) in [4.78, 5) is 11.0. The highest BCUT2D eigenvalue weighted by Crippen LogP contribution is 2.21. The number of carboxylic acids is 1. The monoisotopic (exact) mass is 301 g/mol. The first-order chi connectivity index (χ1) is 8.15. The van der Waals surface area contributed by atoms with E-state index in [1.54, 1.807) is 18.2 Å². The molecule has 4 nitrogen and oxygen atoms in total. The van der Waals surface area contributed by atoms with Gasteiger partial charge in [-0.3, -0.25) is 0 Å². The quantitative estimate of drug-likeness (QED) is 0.760. The molecule has 1 rings (SSSR count). The molecule has 0 unspecified atom stereocenters. The Balaban J connectivity index is 2.56. The molecule has 0 fully saturated rings. The van der Waals surface area contributed by atoms with Gasteiger partial charge in [-0.15, -0.1) is 0 Å². The molecular weight excluding hydrogens is 286 g/mol. The molecule has 0 atom stereocenters. The number of carboxylic acid groups (broad SMARTS) is 1. The predicted molar refractivity (Wildman–Crippen MR) is 70.7 cm³/mol. The summed E-state index contributed by atoms with van der Waals surface area (Å²) in [6.45, 7) is 4.03. The van der Waals surface area contributed by atoms with E-state index in [0.29, 0.717) is 25.4 Å². The van der Waals surface area contributed by atoms with E-state index in [2.05, 4.69) is 21.2 Å². The number of ether oxygens (including phenoxy) is 1. The molecule has 0 aliphatic rings. The zero-order valence-corrected chi connectivity index (χ0v) is 11.3. The van der Waals surface area contributed by atoms with Crippen LogP contribution >= 0.6 is 15.9 Å². The van der Waals surface area contributed by atoms with Crippen molar-refractivity contribution in [3.05, 3.63) is 28.2 Å². The van der Waals surface area contributed by atoms with Crippen molar-refractivity contribution in [2.24, 2.45) is 0 Å². The van der Waals surface area contributed by atoms with E-state index in [9.17, 15) is 4.79 Å². The van der Waals surface area contributed by atoms with Gasteiger partial charge in [0.2, 0.25) is 0 Å². The van der Waals surface area contributed by atoms with Crippen LogP contribution in [0.1, 0.15) is 23.7 Å². The Labute approximate surface area is 109 Å². The van der Waals surface area contributed by atoms with Crippen molar-refractivity contribution in [2.75, 3.05) is 25.1 Å². The Kier molecular flexibility index (Phi) is 6.00. The highest BCUT2D eigenvalue weighted by atomic mass is 79.9. The Hall–Kier alpha value is -1.07. The van der Waals surface area contributed by atoms with Crippen LogP contribution in [0.15, 0.2) is 22.7 Å². The van der Waals surface area contributed by atoms with Crippen LogP contribution in [0.2, 0.25) is 0 Å². The minimum absolute atomic E-state index is 0.282. The summed E-state index contributed by atoms with van der Waals surface area (Å²) in [5, 5.41) is 12.1. The summed E-state index contributed by atoms with van der Waals surface area (Å²) in [7, 11) is 0. The summed E-state index contributed by atoms with van der Waals surface area (Å²) in [5.41, 5.74) is 0.910. The van der Waals surface area contributed by atoms with Crippen molar-refractivity contribution in [3.63, 3.8) is 0 Å². The maximum Gasteiger partial charge on any atom is 0.337 e. The van der Waals surface area contributed by atoms with Crippen molar-refractivity contribution in [1.29, 1.82) is 0 Å². The first-order valence-corrected chi connectivity index (χ1v) is 6.29. The second-order valence-electron chi connectivity index (χ2n) is 3.47. The van der Waals surface area contributed by atoms with E-state index < -0.39 is 5.97 Å². The fourth-order valence-electron chi connectivity index (χ4n) is 1.39. The van der Waals surface area contributed by atoms with E-state index >= 15 is 0 Å². The van der Waals surface area contributed by atoms with E-state index in [4.69, 9.17) is 9.84 Å². The number of nitrogens with one attached hydrogen (secondary N) is 1. The van der Waals surface area contributed by atoms with E-state index in [0.717, 1.165) is 10.9 Å². The van der Waals surface area contributed by atoms with Gasteiger partial charge < -0.3 is 15.2 Å². The third kappa shape index (κ3) is 4.75. The largest absolute Gasteiger partial charge is 0.478 e. The van der Waals surface area contributed by atoms with Crippen molar-refractivity contribution >= 4 is 27.6 Å². The third-order valence-corrected chi connectivity index (χ3v) is 2.69. The van der Waals surface area contributed by atoms with Crippen molar-refractivity contribution < 1.29 is 14.6 Å². The molecule has 0 aromatic heterocycles. The van der Waals surface area contributed by atoms with Gasteiger partial charge in [0.15, 0.2) is 0 Å².